The van der Waals surface area contributed by atoms with Gasteiger partial charge in [-0.05, 0) is 19.9 Å². The van der Waals surface area contributed by atoms with Gasteiger partial charge in [-0.1, -0.05) is 26.7 Å². The second-order valence-corrected chi connectivity index (χ2v) is 4.47. The van der Waals surface area contributed by atoms with E-state index in [9.17, 15) is 0 Å². The summed E-state index contributed by atoms with van der Waals surface area (Å²) in [6.07, 6.45) is 3.74. The number of nitrogens with one attached hydrogen (secondary N) is 1. The van der Waals surface area contributed by atoms with Crippen LogP contribution in [0.5, 0.6) is 0 Å². The summed E-state index contributed by atoms with van der Waals surface area (Å²) in [5, 5.41) is 6.87. The SMILES string of the molecule is CCCCC(NCC)c1nc(C)cs1. The fraction of sp³-hybridized carbons (Fsp3) is 0.727. The van der Waals surface area contributed by atoms with Crippen LogP contribution < -0.4 is 5.32 Å². The molecule has 1 rings (SSSR count). The molecule has 0 saturated heterocycles. The fourth-order valence-electron chi connectivity index (χ4n) is 1.50. The van der Waals surface area contributed by atoms with Crippen LogP contribution in [0.1, 0.15) is 49.9 Å². The highest BCUT2D eigenvalue weighted by Gasteiger charge is 2.12. The lowest BCUT2D eigenvalue weighted by molar-refractivity contribution is 0.492. The average Bonchev–Trinajstić information content (AvgIpc) is 2.59. The minimum absolute atomic E-state index is 0.471. The lowest BCUT2D eigenvalue weighted by atomic mass is 10.1. The van der Waals surface area contributed by atoms with Crippen LogP contribution in [0.3, 0.4) is 0 Å². The fourth-order valence-corrected chi connectivity index (χ4v) is 2.41. The van der Waals surface area contributed by atoms with Crippen molar-refractivity contribution < 1.29 is 0 Å². The van der Waals surface area contributed by atoms with Crippen molar-refractivity contribution >= 4 is 11.3 Å². The molecule has 1 N–H and O–H groups in total. The van der Waals surface area contributed by atoms with Crippen molar-refractivity contribution in [2.75, 3.05) is 6.54 Å². The van der Waals surface area contributed by atoms with Crippen molar-refractivity contribution in [1.82, 2.24) is 10.3 Å². The number of nitrogens with zero attached hydrogens (tertiary/aromatic N) is 1. The number of unbranched alkanes of at least 4 members (excludes halogenated alkanes) is 1. The molecule has 0 aliphatic carbocycles. The van der Waals surface area contributed by atoms with E-state index in [1.54, 1.807) is 11.3 Å². The van der Waals surface area contributed by atoms with Gasteiger partial charge in [-0.2, -0.15) is 0 Å². The number of hydrogen-bond acceptors (Lipinski definition) is 3. The molecule has 3 heteroatoms. The average molecular weight is 212 g/mol. The molecule has 0 amide bonds. The lowest BCUT2D eigenvalue weighted by Gasteiger charge is -2.14. The first-order valence-corrected chi connectivity index (χ1v) is 6.31. The van der Waals surface area contributed by atoms with Crippen LogP contribution >= 0.6 is 11.3 Å². The van der Waals surface area contributed by atoms with E-state index in [4.69, 9.17) is 0 Å². The van der Waals surface area contributed by atoms with E-state index in [2.05, 4.69) is 36.5 Å². The summed E-state index contributed by atoms with van der Waals surface area (Å²) in [6, 6.07) is 0.471. The molecule has 1 unspecified atom stereocenters. The maximum absolute atomic E-state index is 4.54. The normalized spacial score (nSPS) is 13.1. The van der Waals surface area contributed by atoms with Crippen molar-refractivity contribution in [2.45, 2.75) is 46.1 Å². The molecule has 1 atom stereocenters. The van der Waals surface area contributed by atoms with E-state index in [1.807, 2.05) is 0 Å². The van der Waals surface area contributed by atoms with E-state index in [0.717, 1.165) is 12.2 Å². The van der Waals surface area contributed by atoms with Crippen LogP contribution in [0, 0.1) is 6.92 Å². The highest BCUT2D eigenvalue weighted by molar-refractivity contribution is 7.09. The van der Waals surface area contributed by atoms with Crippen LogP contribution in [-0.2, 0) is 0 Å². The Balaban J connectivity index is 2.57. The molecule has 0 aliphatic rings. The summed E-state index contributed by atoms with van der Waals surface area (Å²) in [7, 11) is 0. The molecule has 2 nitrogen and oxygen atoms in total. The Kier molecular flexibility index (Phi) is 5.12. The van der Waals surface area contributed by atoms with Crippen molar-refractivity contribution in [3.05, 3.63) is 16.1 Å². The largest absolute Gasteiger partial charge is 0.308 e. The zero-order chi connectivity index (χ0) is 10.4. The first-order valence-electron chi connectivity index (χ1n) is 5.43. The smallest absolute Gasteiger partial charge is 0.110 e. The highest BCUT2D eigenvalue weighted by atomic mass is 32.1. The molecular weight excluding hydrogens is 192 g/mol. The van der Waals surface area contributed by atoms with Crippen LogP contribution in [0.4, 0.5) is 0 Å². The zero-order valence-corrected chi connectivity index (χ0v) is 10.2. The van der Waals surface area contributed by atoms with Crippen LogP contribution in [-0.4, -0.2) is 11.5 Å². The summed E-state index contributed by atoms with van der Waals surface area (Å²) in [5.41, 5.74) is 1.14. The standard InChI is InChI=1S/C11H20N2S/c1-4-6-7-10(12-5-2)11-13-9(3)8-14-11/h8,10,12H,4-7H2,1-3H3. The van der Waals surface area contributed by atoms with Crippen LogP contribution in [0.15, 0.2) is 5.38 Å². The zero-order valence-electron chi connectivity index (χ0n) is 9.34. The Morgan fingerprint density at radius 3 is 2.79 bits per heavy atom. The third-order valence-corrected chi connectivity index (χ3v) is 3.31. The maximum atomic E-state index is 4.54. The predicted molar refractivity (Wildman–Crippen MR) is 62.8 cm³/mol. The summed E-state index contributed by atoms with van der Waals surface area (Å²) < 4.78 is 0. The van der Waals surface area contributed by atoms with Gasteiger partial charge in [0.05, 0.1) is 6.04 Å². The molecule has 0 fully saturated rings. The molecule has 0 spiro atoms. The second kappa shape index (κ2) is 6.14. The van der Waals surface area contributed by atoms with Gasteiger partial charge in [0.1, 0.15) is 5.01 Å². The number of aryl methyl sites for hydroxylation is 1. The topological polar surface area (TPSA) is 24.9 Å². The van der Waals surface area contributed by atoms with Crippen LogP contribution in [0.25, 0.3) is 0 Å². The summed E-state index contributed by atoms with van der Waals surface area (Å²) in [6.45, 7) is 7.46. The third kappa shape index (κ3) is 3.39. The summed E-state index contributed by atoms with van der Waals surface area (Å²) in [5.74, 6) is 0. The van der Waals surface area contributed by atoms with Gasteiger partial charge in [0.15, 0.2) is 0 Å². The molecule has 1 aromatic rings. The molecule has 1 heterocycles. The summed E-state index contributed by atoms with van der Waals surface area (Å²) >= 11 is 1.77. The minimum atomic E-state index is 0.471. The van der Waals surface area contributed by atoms with Gasteiger partial charge in [0.25, 0.3) is 0 Å². The van der Waals surface area contributed by atoms with E-state index in [-0.39, 0.29) is 0 Å². The van der Waals surface area contributed by atoms with Gasteiger partial charge in [-0.3, -0.25) is 0 Å². The molecule has 0 aromatic carbocycles. The molecule has 80 valence electrons. The summed E-state index contributed by atoms with van der Waals surface area (Å²) in [4.78, 5) is 4.54. The van der Waals surface area contributed by atoms with Gasteiger partial charge in [-0.15, -0.1) is 11.3 Å². The molecule has 0 bridgehead atoms. The Morgan fingerprint density at radius 2 is 2.29 bits per heavy atom. The maximum Gasteiger partial charge on any atom is 0.110 e. The molecule has 1 aromatic heterocycles. The first-order chi connectivity index (χ1) is 6.77. The van der Waals surface area contributed by atoms with Crippen molar-refractivity contribution in [3.63, 3.8) is 0 Å². The number of hydrogen-bond donors (Lipinski definition) is 1. The number of aromatic nitrogens is 1. The van der Waals surface area contributed by atoms with E-state index in [1.165, 1.54) is 24.3 Å². The minimum Gasteiger partial charge on any atom is -0.308 e. The van der Waals surface area contributed by atoms with E-state index < -0.39 is 0 Å². The van der Waals surface area contributed by atoms with E-state index in [0.29, 0.717) is 6.04 Å². The van der Waals surface area contributed by atoms with Crippen LogP contribution in [0.2, 0.25) is 0 Å². The monoisotopic (exact) mass is 212 g/mol. The highest BCUT2D eigenvalue weighted by Crippen LogP contribution is 2.22. The molecule has 0 saturated carbocycles. The second-order valence-electron chi connectivity index (χ2n) is 3.58. The van der Waals surface area contributed by atoms with Gasteiger partial charge >= 0.3 is 0 Å². The Labute approximate surface area is 90.8 Å². The molecule has 14 heavy (non-hydrogen) atoms. The molecular formula is C11H20N2S. The third-order valence-electron chi connectivity index (χ3n) is 2.23. The van der Waals surface area contributed by atoms with Gasteiger partial charge in [-0.25, -0.2) is 4.98 Å². The first kappa shape index (κ1) is 11.7. The Morgan fingerprint density at radius 1 is 1.50 bits per heavy atom. The van der Waals surface area contributed by atoms with E-state index >= 15 is 0 Å². The predicted octanol–water partition coefficient (Wildman–Crippen LogP) is 3.29. The number of rotatable bonds is 6. The van der Waals surface area contributed by atoms with Crippen molar-refractivity contribution in [2.24, 2.45) is 0 Å². The molecule has 0 aliphatic heterocycles. The molecule has 0 radical (unpaired) electrons. The lowest BCUT2D eigenvalue weighted by Crippen LogP contribution is -2.20. The Bertz CT molecular complexity index is 258. The van der Waals surface area contributed by atoms with Crippen molar-refractivity contribution in [3.8, 4) is 0 Å². The van der Waals surface area contributed by atoms with Gasteiger partial charge in [0.2, 0.25) is 0 Å². The van der Waals surface area contributed by atoms with Gasteiger partial charge in [0, 0.05) is 11.1 Å². The van der Waals surface area contributed by atoms with Gasteiger partial charge < -0.3 is 5.32 Å². The Hall–Kier alpha value is -0.410. The quantitative estimate of drug-likeness (QED) is 0.782. The van der Waals surface area contributed by atoms with Crippen molar-refractivity contribution in [1.29, 1.82) is 0 Å². The number of thiazole rings is 1.